The number of rotatable bonds is 2. The fourth-order valence-electron chi connectivity index (χ4n) is 2.61. The minimum absolute atomic E-state index is 0.0261. The summed E-state index contributed by atoms with van der Waals surface area (Å²) in [6.45, 7) is 4.83. The largest absolute Gasteiger partial charge is 0.368 e. The monoisotopic (exact) mass is 256 g/mol. The highest BCUT2D eigenvalue weighted by Gasteiger charge is 2.26. The highest BCUT2D eigenvalue weighted by atomic mass is 16.1. The van der Waals surface area contributed by atoms with Crippen molar-refractivity contribution >= 4 is 28.4 Å². The third kappa shape index (κ3) is 1.91. The van der Waals surface area contributed by atoms with Crippen LogP contribution in [-0.2, 0) is 4.79 Å². The molecule has 1 aliphatic rings. The van der Waals surface area contributed by atoms with Gasteiger partial charge in [-0.3, -0.25) is 9.78 Å². The van der Waals surface area contributed by atoms with E-state index < -0.39 is 0 Å². The SMILES string of the molecule is CCNc1nc2c(c3cccnc13)C(C)CC(=O)N2. The van der Waals surface area contributed by atoms with Gasteiger partial charge >= 0.3 is 0 Å². The molecule has 0 radical (unpaired) electrons. The van der Waals surface area contributed by atoms with E-state index in [4.69, 9.17) is 0 Å². The lowest BCUT2D eigenvalue weighted by atomic mass is 9.91. The van der Waals surface area contributed by atoms with Crippen LogP contribution in [-0.4, -0.2) is 22.4 Å². The van der Waals surface area contributed by atoms with Crippen molar-refractivity contribution < 1.29 is 4.79 Å². The molecule has 3 rings (SSSR count). The number of anilines is 2. The number of nitrogens with one attached hydrogen (secondary N) is 2. The van der Waals surface area contributed by atoms with Gasteiger partial charge in [0.05, 0.1) is 0 Å². The number of carbonyl (C=O) groups excluding carboxylic acids is 1. The van der Waals surface area contributed by atoms with Crippen LogP contribution < -0.4 is 10.6 Å². The molecule has 2 N–H and O–H groups in total. The van der Waals surface area contributed by atoms with Crippen LogP contribution in [0.1, 0.15) is 31.7 Å². The van der Waals surface area contributed by atoms with Gasteiger partial charge in [-0.1, -0.05) is 13.0 Å². The van der Waals surface area contributed by atoms with Crippen LogP contribution in [0.5, 0.6) is 0 Å². The Morgan fingerprint density at radius 3 is 3.16 bits per heavy atom. The summed E-state index contributed by atoms with van der Waals surface area (Å²) in [5.41, 5.74) is 1.95. The first-order chi connectivity index (χ1) is 9.20. The van der Waals surface area contributed by atoms with Gasteiger partial charge in [0.15, 0.2) is 5.82 Å². The second-order valence-electron chi connectivity index (χ2n) is 4.81. The van der Waals surface area contributed by atoms with E-state index >= 15 is 0 Å². The van der Waals surface area contributed by atoms with E-state index in [2.05, 4.69) is 27.5 Å². The Kier molecular flexibility index (Phi) is 2.81. The van der Waals surface area contributed by atoms with Crippen molar-refractivity contribution in [2.45, 2.75) is 26.2 Å². The van der Waals surface area contributed by atoms with Gasteiger partial charge in [-0.15, -0.1) is 0 Å². The molecule has 0 aromatic carbocycles. The molecule has 0 aliphatic carbocycles. The summed E-state index contributed by atoms with van der Waals surface area (Å²) < 4.78 is 0. The number of pyridine rings is 2. The first kappa shape index (κ1) is 11.9. The predicted molar refractivity (Wildman–Crippen MR) is 75.4 cm³/mol. The standard InChI is InChI=1S/C14H16N4O/c1-3-15-14-12-9(5-4-6-16-12)11-8(2)7-10(19)17-13(11)18-14/h4-6,8H,3,7H2,1-2H3,(H2,15,17,18,19). The molecule has 0 fully saturated rings. The second-order valence-corrected chi connectivity index (χ2v) is 4.81. The number of amides is 1. The van der Waals surface area contributed by atoms with Crippen molar-refractivity contribution in [2.24, 2.45) is 0 Å². The first-order valence-corrected chi connectivity index (χ1v) is 6.53. The van der Waals surface area contributed by atoms with Crippen LogP contribution in [0.4, 0.5) is 11.6 Å². The molecule has 0 saturated carbocycles. The van der Waals surface area contributed by atoms with E-state index in [9.17, 15) is 4.79 Å². The molecule has 1 atom stereocenters. The minimum atomic E-state index is 0.0261. The Hall–Kier alpha value is -2.17. The summed E-state index contributed by atoms with van der Waals surface area (Å²) in [6.07, 6.45) is 2.27. The van der Waals surface area contributed by atoms with Gasteiger partial charge in [-0.25, -0.2) is 4.98 Å². The van der Waals surface area contributed by atoms with E-state index in [0.717, 1.165) is 28.8 Å². The zero-order valence-corrected chi connectivity index (χ0v) is 11.0. The first-order valence-electron chi connectivity index (χ1n) is 6.53. The molecule has 1 unspecified atom stereocenters. The van der Waals surface area contributed by atoms with E-state index in [0.29, 0.717) is 12.2 Å². The minimum Gasteiger partial charge on any atom is -0.368 e. The van der Waals surface area contributed by atoms with E-state index in [1.165, 1.54) is 0 Å². The van der Waals surface area contributed by atoms with Crippen LogP contribution >= 0.6 is 0 Å². The van der Waals surface area contributed by atoms with Gasteiger partial charge in [-0.2, -0.15) is 0 Å². The molecule has 2 aromatic heterocycles. The van der Waals surface area contributed by atoms with Crippen molar-refractivity contribution in [3.05, 3.63) is 23.9 Å². The summed E-state index contributed by atoms with van der Waals surface area (Å²) in [6, 6.07) is 3.96. The average Bonchev–Trinajstić information content (AvgIpc) is 2.38. The molecular weight excluding hydrogens is 240 g/mol. The Morgan fingerprint density at radius 1 is 1.53 bits per heavy atom. The fraction of sp³-hybridized carbons (Fsp3) is 0.357. The van der Waals surface area contributed by atoms with Crippen molar-refractivity contribution in [3.8, 4) is 0 Å². The maximum atomic E-state index is 11.7. The zero-order chi connectivity index (χ0) is 13.4. The lowest BCUT2D eigenvalue weighted by Gasteiger charge is -2.24. The molecule has 1 amide bonds. The number of aromatic nitrogens is 2. The number of nitrogens with zero attached hydrogens (tertiary/aromatic N) is 2. The van der Waals surface area contributed by atoms with Crippen molar-refractivity contribution in [2.75, 3.05) is 17.2 Å². The molecule has 0 bridgehead atoms. The van der Waals surface area contributed by atoms with E-state index in [-0.39, 0.29) is 11.8 Å². The maximum Gasteiger partial charge on any atom is 0.226 e. The molecule has 2 aromatic rings. The summed E-state index contributed by atoms with van der Waals surface area (Å²) in [4.78, 5) is 20.6. The lowest BCUT2D eigenvalue weighted by molar-refractivity contribution is -0.116. The highest BCUT2D eigenvalue weighted by molar-refractivity contribution is 6.01. The van der Waals surface area contributed by atoms with Crippen LogP contribution in [0.25, 0.3) is 10.9 Å². The summed E-state index contributed by atoms with van der Waals surface area (Å²) in [7, 11) is 0. The van der Waals surface area contributed by atoms with Crippen molar-refractivity contribution in [3.63, 3.8) is 0 Å². The second kappa shape index (κ2) is 4.50. The summed E-state index contributed by atoms with van der Waals surface area (Å²) in [5.74, 6) is 1.59. The molecule has 98 valence electrons. The van der Waals surface area contributed by atoms with Gasteiger partial charge in [0.1, 0.15) is 11.3 Å². The number of carbonyl (C=O) groups is 1. The number of hydrogen-bond donors (Lipinski definition) is 2. The van der Waals surface area contributed by atoms with Crippen LogP contribution in [0, 0.1) is 0 Å². The Balaban J connectivity index is 2.30. The number of fused-ring (bicyclic) bond motifs is 3. The van der Waals surface area contributed by atoms with Crippen LogP contribution in [0.3, 0.4) is 0 Å². The zero-order valence-electron chi connectivity index (χ0n) is 11.0. The van der Waals surface area contributed by atoms with Gasteiger partial charge < -0.3 is 10.6 Å². The molecular formula is C14H16N4O. The Bertz CT molecular complexity index is 653. The molecule has 5 nitrogen and oxygen atoms in total. The quantitative estimate of drug-likeness (QED) is 0.866. The van der Waals surface area contributed by atoms with Crippen LogP contribution in [0.15, 0.2) is 18.3 Å². The molecule has 3 heterocycles. The third-order valence-electron chi connectivity index (χ3n) is 3.39. The lowest BCUT2D eigenvalue weighted by Crippen LogP contribution is -2.23. The van der Waals surface area contributed by atoms with Gasteiger partial charge in [0.2, 0.25) is 5.91 Å². The molecule has 5 heteroatoms. The normalized spacial score (nSPS) is 18.0. The Labute approximate surface area is 111 Å². The summed E-state index contributed by atoms with van der Waals surface area (Å²) in [5, 5.41) is 7.13. The van der Waals surface area contributed by atoms with E-state index in [1.54, 1.807) is 6.20 Å². The average molecular weight is 256 g/mol. The Morgan fingerprint density at radius 2 is 2.37 bits per heavy atom. The third-order valence-corrected chi connectivity index (χ3v) is 3.39. The molecule has 19 heavy (non-hydrogen) atoms. The van der Waals surface area contributed by atoms with Gasteiger partial charge in [-0.05, 0) is 18.9 Å². The van der Waals surface area contributed by atoms with Gasteiger partial charge in [0, 0.05) is 30.1 Å². The van der Waals surface area contributed by atoms with Crippen molar-refractivity contribution in [1.82, 2.24) is 9.97 Å². The topological polar surface area (TPSA) is 66.9 Å². The van der Waals surface area contributed by atoms with Crippen LogP contribution in [0.2, 0.25) is 0 Å². The molecule has 0 saturated heterocycles. The summed E-state index contributed by atoms with van der Waals surface area (Å²) >= 11 is 0. The smallest absolute Gasteiger partial charge is 0.226 e. The fourth-order valence-corrected chi connectivity index (χ4v) is 2.61. The van der Waals surface area contributed by atoms with Crippen molar-refractivity contribution in [1.29, 1.82) is 0 Å². The maximum absolute atomic E-state index is 11.7. The predicted octanol–water partition coefficient (Wildman–Crippen LogP) is 2.51. The van der Waals surface area contributed by atoms with Gasteiger partial charge in [0.25, 0.3) is 0 Å². The molecule has 1 aliphatic heterocycles. The number of hydrogen-bond acceptors (Lipinski definition) is 4. The highest BCUT2D eigenvalue weighted by Crippen LogP contribution is 2.37. The van der Waals surface area contributed by atoms with E-state index in [1.807, 2.05) is 19.1 Å². The molecule has 0 spiro atoms.